The molecule has 0 heterocycles. The molecule has 0 aliphatic heterocycles. The van der Waals surface area contributed by atoms with Crippen molar-refractivity contribution in [2.45, 2.75) is 32.6 Å². The Bertz CT molecular complexity index is 803. The number of guanidine groups is 1. The molecule has 6 heteroatoms. The summed E-state index contributed by atoms with van der Waals surface area (Å²) in [4.78, 5) is 16.4. The largest absolute Gasteiger partial charge is 0.497 e. The van der Waals surface area contributed by atoms with E-state index >= 15 is 0 Å². The molecule has 0 spiro atoms. The Morgan fingerprint density at radius 1 is 1.00 bits per heavy atom. The molecule has 0 saturated heterocycles. The fourth-order valence-electron chi connectivity index (χ4n) is 3.10. The van der Waals surface area contributed by atoms with Gasteiger partial charge in [-0.3, -0.25) is 9.79 Å². The Morgan fingerprint density at radius 2 is 1.80 bits per heavy atom. The quantitative estimate of drug-likeness (QED) is 0.302. The number of rotatable bonds is 11. The third kappa shape index (κ3) is 8.15. The molecular formula is C24H34N4O2. The van der Waals surface area contributed by atoms with Crippen molar-refractivity contribution in [3.05, 3.63) is 65.2 Å². The summed E-state index contributed by atoms with van der Waals surface area (Å²) in [6, 6.07) is 16.0. The van der Waals surface area contributed by atoms with Crippen molar-refractivity contribution in [2.75, 3.05) is 33.8 Å². The van der Waals surface area contributed by atoms with E-state index in [9.17, 15) is 4.79 Å². The SMILES string of the molecule is CCNC(=NCCCCc1ccc(OC)cc1)NCCc1cccc(C(=O)NC)c1. The molecule has 0 fully saturated rings. The number of amides is 1. The van der Waals surface area contributed by atoms with Gasteiger partial charge in [0, 0.05) is 32.2 Å². The van der Waals surface area contributed by atoms with Gasteiger partial charge < -0.3 is 20.7 Å². The summed E-state index contributed by atoms with van der Waals surface area (Å²) in [6.45, 7) is 4.43. The fourth-order valence-corrected chi connectivity index (χ4v) is 3.10. The topological polar surface area (TPSA) is 74.8 Å². The van der Waals surface area contributed by atoms with Crippen molar-refractivity contribution >= 4 is 11.9 Å². The van der Waals surface area contributed by atoms with Crippen LogP contribution >= 0.6 is 0 Å². The number of methoxy groups -OCH3 is 1. The van der Waals surface area contributed by atoms with Crippen molar-refractivity contribution in [3.63, 3.8) is 0 Å². The summed E-state index contributed by atoms with van der Waals surface area (Å²) in [5.41, 5.74) is 3.13. The number of hydrogen-bond donors (Lipinski definition) is 3. The molecule has 0 saturated carbocycles. The lowest BCUT2D eigenvalue weighted by atomic mass is 10.1. The Kier molecular flexibility index (Phi) is 10.3. The first-order chi connectivity index (χ1) is 14.7. The van der Waals surface area contributed by atoms with Crippen LogP contribution in [0.3, 0.4) is 0 Å². The van der Waals surface area contributed by atoms with Crippen LogP contribution in [0, 0.1) is 0 Å². The highest BCUT2D eigenvalue weighted by Crippen LogP contribution is 2.13. The highest BCUT2D eigenvalue weighted by Gasteiger charge is 2.04. The summed E-state index contributed by atoms with van der Waals surface area (Å²) in [5.74, 6) is 1.67. The average Bonchev–Trinajstić information content (AvgIpc) is 2.79. The zero-order valence-electron chi connectivity index (χ0n) is 18.3. The number of aliphatic imine (C=N–C) groups is 1. The van der Waals surface area contributed by atoms with E-state index in [1.807, 2.05) is 36.4 Å². The Morgan fingerprint density at radius 3 is 2.50 bits per heavy atom. The minimum absolute atomic E-state index is 0.0608. The van der Waals surface area contributed by atoms with Gasteiger partial charge in [-0.1, -0.05) is 24.3 Å². The number of nitrogens with zero attached hydrogens (tertiary/aromatic N) is 1. The molecule has 30 heavy (non-hydrogen) atoms. The van der Waals surface area contributed by atoms with Crippen molar-refractivity contribution in [2.24, 2.45) is 4.99 Å². The van der Waals surface area contributed by atoms with E-state index < -0.39 is 0 Å². The van der Waals surface area contributed by atoms with Crippen LogP contribution in [-0.4, -0.2) is 45.7 Å². The van der Waals surface area contributed by atoms with E-state index in [1.165, 1.54) is 5.56 Å². The average molecular weight is 411 g/mol. The van der Waals surface area contributed by atoms with Crippen LogP contribution in [0.2, 0.25) is 0 Å². The van der Waals surface area contributed by atoms with Gasteiger partial charge in [0.2, 0.25) is 0 Å². The number of unbranched alkanes of at least 4 members (excludes halogenated alkanes) is 1. The van der Waals surface area contributed by atoms with E-state index in [0.717, 1.165) is 62.6 Å². The lowest BCUT2D eigenvalue weighted by Gasteiger charge is -2.12. The summed E-state index contributed by atoms with van der Waals surface area (Å²) < 4.78 is 5.19. The van der Waals surface area contributed by atoms with Crippen LogP contribution in [0.4, 0.5) is 0 Å². The van der Waals surface area contributed by atoms with Crippen molar-refractivity contribution in [1.82, 2.24) is 16.0 Å². The molecule has 1 amide bonds. The van der Waals surface area contributed by atoms with Gasteiger partial charge in [0.15, 0.2) is 5.96 Å². The van der Waals surface area contributed by atoms with Gasteiger partial charge in [0.05, 0.1) is 7.11 Å². The molecule has 0 aliphatic rings. The number of carbonyl (C=O) groups is 1. The molecule has 162 valence electrons. The highest BCUT2D eigenvalue weighted by atomic mass is 16.5. The lowest BCUT2D eigenvalue weighted by molar-refractivity contribution is 0.0963. The molecule has 0 atom stereocenters. The van der Waals surface area contributed by atoms with E-state index in [4.69, 9.17) is 4.74 Å². The zero-order chi connectivity index (χ0) is 21.6. The maximum Gasteiger partial charge on any atom is 0.251 e. The minimum Gasteiger partial charge on any atom is -0.497 e. The second kappa shape index (κ2) is 13.2. The molecule has 0 unspecified atom stereocenters. The van der Waals surface area contributed by atoms with Crippen molar-refractivity contribution < 1.29 is 9.53 Å². The monoisotopic (exact) mass is 410 g/mol. The van der Waals surface area contributed by atoms with Gasteiger partial charge in [-0.2, -0.15) is 0 Å². The molecular weight excluding hydrogens is 376 g/mol. The fraction of sp³-hybridized carbons (Fsp3) is 0.417. The van der Waals surface area contributed by atoms with E-state index in [2.05, 4.69) is 40.0 Å². The van der Waals surface area contributed by atoms with Gasteiger partial charge in [-0.15, -0.1) is 0 Å². The maximum atomic E-state index is 11.8. The predicted octanol–water partition coefficient (Wildman–Crippen LogP) is 3.18. The number of ether oxygens (including phenoxy) is 1. The highest BCUT2D eigenvalue weighted by molar-refractivity contribution is 5.94. The standard InChI is InChI=1S/C24H34N4O2/c1-4-26-24(27-16-6-5-8-19-11-13-22(30-3)14-12-19)28-17-15-20-9-7-10-21(18-20)23(29)25-2/h7,9-14,18H,4-6,8,15-17H2,1-3H3,(H,25,29)(H2,26,27,28). The molecule has 2 aromatic carbocycles. The molecule has 0 aromatic heterocycles. The Hall–Kier alpha value is -3.02. The first kappa shape index (κ1) is 23.3. The predicted molar refractivity (Wildman–Crippen MR) is 123 cm³/mol. The van der Waals surface area contributed by atoms with Crippen molar-refractivity contribution in [3.8, 4) is 5.75 Å². The number of aryl methyl sites for hydroxylation is 1. The van der Waals surface area contributed by atoms with E-state index in [1.54, 1.807) is 14.2 Å². The molecule has 0 bridgehead atoms. The first-order valence-corrected chi connectivity index (χ1v) is 10.6. The van der Waals surface area contributed by atoms with Crippen molar-refractivity contribution in [1.29, 1.82) is 0 Å². The molecule has 2 aromatic rings. The number of carbonyl (C=O) groups excluding carboxylic acids is 1. The number of nitrogens with one attached hydrogen (secondary N) is 3. The van der Waals surface area contributed by atoms with Crippen LogP contribution in [0.1, 0.15) is 41.3 Å². The van der Waals surface area contributed by atoms with E-state index in [-0.39, 0.29) is 5.91 Å². The van der Waals surface area contributed by atoms with Gasteiger partial charge in [0.25, 0.3) is 5.91 Å². The summed E-state index contributed by atoms with van der Waals surface area (Å²) in [7, 11) is 3.33. The third-order valence-corrected chi connectivity index (χ3v) is 4.77. The smallest absolute Gasteiger partial charge is 0.251 e. The van der Waals surface area contributed by atoms with Crippen LogP contribution < -0.4 is 20.7 Å². The molecule has 6 nitrogen and oxygen atoms in total. The van der Waals surface area contributed by atoms with Gasteiger partial charge in [0.1, 0.15) is 5.75 Å². The maximum absolute atomic E-state index is 11.8. The Balaban J connectivity index is 1.73. The van der Waals surface area contributed by atoms with Gasteiger partial charge >= 0.3 is 0 Å². The van der Waals surface area contributed by atoms with Crippen LogP contribution in [0.15, 0.2) is 53.5 Å². The summed E-state index contributed by atoms with van der Waals surface area (Å²) >= 11 is 0. The van der Waals surface area contributed by atoms with Gasteiger partial charge in [-0.05, 0) is 68.0 Å². The van der Waals surface area contributed by atoms with Crippen LogP contribution in [-0.2, 0) is 12.8 Å². The second-order valence-electron chi connectivity index (χ2n) is 7.02. The number of benzene rings is 2. The molecule has 2 rings (SSSR count). The first-order valence-electron chi connectivity index (χ1n) is 10.6. The minimum atomic E-state index is -0.0608. The van der Waals surface area contributed by atoms with Crippen LogP contribution in [0.25, 0.3) is 0 Å². The zero-order valence-corrected chi connectivity index (χ0v) is 18.3. The van der Waals surface area contributed by atoms with Gasteiger partial charge in [-0.25, -0.2) is 0 Å². The second-order valence-corrected chi connectivity index (χ2v) is 7.02. The lowest BCUT2D eigenvalue weighted by Crippen LogP contribution is -2.38. The summed E-state index contributed by atoms with van der Waals surface area (Å²) in [6.07, 6.45) is 4.01. The normalized spacial score (nSPS) is 11.1. The summed E-state index contributed by atoms with van der Waals surface area (Å²) in [5, 5.41) is 9.33. The van der Waals surface area contributed by atoms with Crippen LogP contribution in [0.5, 0.6) is 5.75 Å². The third-order valence-electron chi connectivity index (χ3n) is 4.77. The molecule has 3 N–H and O–H groups in total. The molecule has 0 radical (unpaired) electrons. The molecule has 0 aliphatic carbocycles. The number of hydrogen-bond acceptors (Lipinski definition) is 3. The van der Waals surface area contributed by atoms with E-state index in [0.29, 0.717) is 5.56 Å². The Labute approximate surface area is 180 Å².